The van der Waals surface area contributed by atoms with Gasteiger partial charge in [0.05, 0.1) is 7.11 Å². The number of aliphatic carboxylic acids is 1. The minimum atomic E-state index is -1.02. The number of benzene rings is 2. The van der Waals surface area contributed by atoms with E-state index in [0.717, 1.165) is 12.5 Å². The molecule has 1 heterocycles. The Labute approximate surface area is 249 Å². The maximum atomic E-state index is 15.7. The average Bonchev–Trinajstić information content (AvgIpc) is 2.96. The first-order valence-corrected chi connectivity index (χ1v) is 12.7. The van der Waals surface area contributed by atoms with Gasteiger partial charge in [0, 0.05) is 31.3 Å². The summed E-state index contributed by atoms with van der Waals surface area (Å²) in [4.78, 5) is 24.8. The third-order valence-electron chi connectivity index (χ3n) is 5.11. The van der Waals surface area contributed by atoms with Gasteiger partial charge in [-0.25, -0.2) is 18.8 Å². The van der Waals surface area contributed by atoms with Crippen molar-refractivity contribution in [2.45, 2.75) is 19.9 Å². The molecule has 0 spiro atoms. The Kier molecular flexibility index (Phi) is 15.6. The minimum Gasteiger partial charge on any atom is -0.497 e. The molecule has 3 aromatic rings. The lowest BCUT2D eigenvalue weighted by Gasteiger charge is -2.25. The van der Waals surface area contributed by atoms with Gasteiger partial charge in [-0.1, -0.05) is 30.3 Å². The number of hydrogen-bond donors (Lipinski definition) is 5. The van der Waals surface area contributed by atoms with Crippen LogP contribution in [0.2, 0.25) is 0 Å². The number of aromatic nitrogens is 1. The van der Waals surface area contributed by atoms with Crippen molar-refractivity contribution in [1.82, 2.24) is 10.3 Å². The third-order valence-corrected chi connectivity index (χ3v) is 5.11. The van der Waals surface area contributed by atoms with Crippen LogP contribution >= 0.6 is 0 Å². The highest BCUT2D eigenvalue weighted by atomic mass is 19.1. The zero-order chi connectivity index (χ0) is 32.4. The molecule has 0 aliphatic rings. The largest absolute Gasteiger partial charge is 0.497 e. The monoisotopic (exact) mass is 601 g/mol. The maximum absolute atomic E-state index is 15.7. The van der Waals surface area contributed by atoms with Crippen molar-refractivity contribution < 1.29 is 33.0 Å². The fraction of sp³-hybridized carbons (Fsp3) is 0.241. The molecule has 0 bridgehead atoms. The number of hydrazone groups is 1. The quantitative estimate of drug-likeness (QED) is 0.0934. The highest BCUT2D eigenvalue weighted by Gasteiger charge is 2.27. The van der Waals surface area contributed by atoms with Gasteiger partial charge in [0.1, 0.15) is 30.9 Å². The second-order valence-corrected chi connectivity index (χ2v) is 8.46. The molecule has 3 rings (SSSR count). The second-order valence-electron chi connectivity index (χ2n) is 8.46. The van der Waals surface area contributed by atoms with Crippen LogP contribution in [0, 0.1) is 12.7 Å². The number of nitrogens with one attached hydrogen (secondary N) is 2. The number of hydrogen-bond acceptors (Lipinski definition) is 10. The number of pyridine rings is 1. The Morgan fingerprint density at radius 2 is 1.88 bits per heavy atom. The van der Waals surface area contributed by atoms with E-state index in [1.807, 2.05) is 31.2 Å². The first-order valence-electron chi connectivity index (χ1n) is 12.7. The zero-order valence-electron chi connectivity index (χ0n) is 24.4. The van der Waals surface area contributed by atoms with E-state index >= 15 is 4.39 Å². The van der Waals surface area contributed by atoms with Crippen LogP contribution in [-0.2, 0) is 9.59 Å². The Hall–Kier alpha value is -5.40. The molecule has 232 valence electrons. The summed E-state index contributed by atoms with van der Waals surface area (Å²) in [5, 5.41) is 19.0. The van der Waals surface area contributed by atoms with Gasteiger partial charge in [-0.3, -0.25) is 9.59 Å². The van der Waals surface area contributed by atoms with Gasteiger partial charge < -0.3 is 36.7 Å². The van der Waals surface area contributed by atoms with Crippen LogP contribution in [0.15, 0.2) is 72.5 Å². The van der Waals surface area contributed by atoms with E-state index in [1.165, 1.54) is 30.5 Å². The van der Waals surface area contributed by atoms with Gasteiger partial charge in [-0.2, -0.15) is 5.10 Å². The van der Waals surface area contributed by atoms with Gasteiger partial charge in [0.2, 0.25) is 6.41 Å². The number of rotatable bonds is 11. The number of nitrogens with zero attached hydrogens (tertiary/aromatic N) is 3. The second kappa shape index (κ2) is 18.9. The topological polar surface area (TPSA) is 177 Å². The number of aryl methyl sites for hydroxylation is 1. The predicted molar refractivity (Wildman–Crippen MR) is 163 cm³/mol. The number of ether oxygens (including phenoxy) is 2. The van der Waals surface area contributed by atoms with Crippen LogP contribution in [0.5, 0.6) is 11.5 Å². The number of halogens is 2. The fourth-order valence-electron chi connectivity index (χ4n) is 3.35. The summed E-state index contributed by atoms with van der Waals surface area (Å²) < 4.78 is 39.0. The molecule has 0 fully saturated rings. The number of carbonyl (C=O) groups is 2. The van der Waals surface area contributed by atoms with Gasteiger partial charge in [-0.05, 0) is 43.5 Å². The molecule has 1 atom stereocenters. The molecular formula is C29H37F2N7O5. The predicted octanol–water partition coefficient (Wildman–Crippen LogP) is 4.00. The summed E-state index contributed by atoms with van der Waals surface area (Å²) in [6, 6.07) is 14.1. The number of carbonyl (C=O) groups excluding carboxylic acids is 1. The van der Waals surface area contributed by atoms with E-state index in [-0.39, 0.29) is 35.3 Å². The Balaban J connectivity index is 0.00000119. The van der Waals surface area contributed by atoms with Crippen molar-refractivity contribution in [3.05, 3.63) is 84.3 Å². The Morgan fingerprint density at radius 3 is 2.42 bits per heavy atom. The fourth-order valence-corrected chi connectivity index (χ4v) is 3.35. The van der Waals surface area contributed by atoms with Crippen LogP contribution in [0.3, 0.4) is 0 Å². The molecule has 0 saturated carbocycles. The smallest absolute Gasteiger partial charge is 0.300 e. The average molecular weight is 602 g/mol. The Bertz CT molecular complexity index is 1350. The summed E-state index contributed by atoms with van der Waals surface area (Å²) in [5.74, 6) is -0.809. The molecule has 0 aliphatic heterocycles. The van der Waals surface area contributed by atoms with Crippen LogP contribution in [0.25, 0.3) is 0 Å². The number of alkyl halides is 1. The van der Waals surface area contributed by atoms with Crippen LogP contribution in [-0.4, -0.2) is 55.7 Å². The van der Waals surface area contributed by atoms with Crippen LogP contribution in [0.1, 0.15) is 24.1 Å². The highest BCUT2D eigenvalue weighted by Crippen LogP contribution is 2.33. The number of amidine groups is 1. The molecule has 43 heavy (non-hydrogen) atoms. The lowest BCUT2D eigenvalue weighted by atomic mass is 10.0. The number of amides is 1. The number of nitrogens with two attached hydrogens (primary N) is 2. The van der Waals surface area contributed by atoms with E-state index in [1.54, 1.807) is 25.2 Å². The Morgan fingerprint density at radius 1 is 1.26 bits per heavy atom. The first-order chi connectivity index (χ1) is 20.5. The van der Waals surface area contributed by atoms with Crippen molar-refractivity contribution in [2.75, 3.05) is 43.5 Å². The first kappa shape index (κ1) is 35.6. The molecule has 14 heteroatoms. The van der Waals surface area contributed by atoms with Crippen molar-refractivity contribution >= 4 is 35.5 Å². The van der Waals surface area contributed by atoms with E-state index in [4.69, 9.17) is 25.1 Å². The van der Waals surface area contributed by atoms with Gasteiger partial charge in [0.25, 0.3) is 5.97 Å². The van der Waals surface area contributed by atoms with Crippen molar-refractivity contribution in [2.24, 2.45) is 10.8 Å². The zero-order valence-corrected chi connectivity index (χ0v) is 24.4. The number of anilines is 3. The normalized spacial score (nSPS) is 10.9. The van der Waals surface area contributed by atoms with Gasteiger partial charge >= 0.3 is 0 Å². The number of carboxylic acids is 1. The van der Waals surface area contributed by atoms with Gasteiger partial charge in [-0.15, -0.1) is 0 Å². The summed E-state index contributed by atoms with van der Waals surface area (Å²) >= 11 is 0. The van der Waals surface area contributed by atoms with E-state index in [0.29, 0.717) is 17.9 Å². The number of nitrogen functional groups attached to an aromatic ring is 1. The highest BCUT2D eigenvalue weighted by molar-refractivity contribution is 5.97. The molecule has 0 aliphatic carbocycles. The van der Waals surface area contributed by atoms with E-state index in [2.05, 4.69) is 33.0 Å². The van der Waals surface area contributed by atoms with Crippen molar-refractivity contribution in [1.29, 1.82) is 0 Å². The summed E-state index contributed by atoms with van der Waals surface area (Å²) in [6.07, 6.45) is 1.68. The van der Waals surface area contributed by atoms with Crippen molar-refractivity contribution in [3.8, 4) is 11.5 Å². The molecule has 1 amide bonds. The summed E-state index contributed by atoms with van der Waals surface area (Å²) in [7, 11) is 3.02. The lowest BCUT2D eigenvalue weighted by Crippen LogP contribution is -2.36. The molecule has 2 aromatic carbocycles. The van der Waals surface area contributed by atoms with E-state index < -0.39 is 24.5 Å². The van der Waals surface area contributed by atoms with Crippen LogP contribution in [0.4, 0.5) is 26.1 Å². The number of carboxylic acid groups (broad SMARTS) is 1. The standard InChI is InChI=1S/C25H28F2N6O3.C2H5N.C2H4O2/c1-16-7-9-17(10-8-16)30-24(19-13-18(35-3)14-20(23(19)27)36-12-11-26)25(29-15-34)32-33(2)22-6-4-5-21(28)31-22;1-2-3;1-2(3)4/h4-10,13-15,24,30H,11-12H2,1-3H3,(H2,28,31)(H,29,32,34);2H,1,3H2;1H3,(H,3,4). The van der Waals surface area contributed by atoms with Gasteiger partial charge in [0.15, 0.2) is 23.2 Å². The SMILES string of the molecule is C=CN.CC(=O)O.COc1cc(OCCF)c(F)c(C(Nc2ccc(C)cc2)/C(=N/N(C)c2cccc(N)n2)NC=O)c1. The van der Waals surface area contributed by atoms with Crippen molar-refractivity contribution in [3.63, 3.8) is 0 Å². The number of methoxy groups -OCH3 is 1. The molecule has 1 aromatic heterocycles. The summed E-state index contributed by atoms with van der Waals surface area (Å²) in [5.41, 5.74) is 12.1. The molecule has 0 saturated heterocycles. The maximum Gasteiger partial charge on any atom is 0.300 e. The third kappa shape index (κ3) is 12.3. The molecule has 0 radical (unpaired) electrons. The lowest BCUT2D eigenvalue weighted by molar-refractivity contribution is -0.134. The molecule has 1 unspecified atom stereocenters. The van der Waals surface area contributed by atoms with E-state index in [9.17, 15) is 9.18 Å². The molecule has 12 nitrogen and oxygen atoms in total. The minimum absolute atomic E-state index is 0.0425. The summed E-state index contributed by atoms with van der Waals surface area (Å²) in [6.45, 7) is 5.03. The molecular weight excluding hydrogens is 564 g/mol. The molecule has 7 N–H and O–H groups in total. The van der Waals surface area contributed by atoms with Crippen LogP contribution < -0.4 is 36.6 Å².